The second-order valence-electron chi connectivity index (χ2n) is 6.78. The van der Waals surface area contributed by atoms with Crippen molar-refractivity contribution >= 4 is 29.9 Å². The summed E-state index contributed by atoms with van der Waals surface area (Å²) in [6, 6.07) is 10.7. The highest BCUT2D eigenvalue weighted by Crippen LogP contribution is 2.12. The van der Waals surface area contributed by atoms with E-state index in [1.165, 1.54) is 11.1 Å². The standard InChI is InChI=1S/C20H29N5O.HI/c1-16-19(17(2)26-23-16)9-10-22-20(21-3)25-13-11-24(12-14-25)15-18-7-5-4-6-8-18;/h4-8H,9-15H2,1-3H3,(H,21,22);1H. The molecule has 1 aromatic heterocycles. The number of hydrogen-bond acceptors (Lipinski definition) is 4. The van der Waals surface area contributed by atoms with Gasteiger partial charge >= 0.3 is 0 Å². The van der Waals surface area contributed by atoms with Crippen molar-refractivity contribution in [3.63, 3.8) is 0 Å². The van der Waals surface area contributed by atoms with E-state index in [9.17, 15) is 0 Å². The lowest BCUT2D eigenvalue weighted by Gasteiger charge is -2.36. The van der Waals surface area contributed by atoms with E-state index in [-0.39, 0.29) is 24.0 Å². The zero-order valence-electron chi connectivity index (χ0n) is 16.4. The number of hydrogen-bond donors (Lipinski definition) is 1. The smallest absolute Gasteiger partial charge is 0.193 e. The van der Waals surface area contributed by atoms with Crippen LogP contribution >= 0.6 is 24.0 Å². The van der Waals surface area contributed by atoms with Gasteiger partial charge in [-0.25, -0.2) is 0 Å². The fraction of sp³-hybridized carbons (Fsp3) is 0.500. The van der Waals surface area contributed by atoms with Crippen molar-refractivity contribution in [2.75, 3.05) is 39.8 Å². The average Bonchev–Trinajstić information content (AvgIpc) is 2.99. The Morgan fingerprint density at radius 3 is 2.44 bits per heavy atom. The number of benzene rings is 1. The third-order valence-electron chi connectivity index (χ3n) is 4.97. The summed E-state index contributed by atoms with van der Waals surface area (Å²) in [5.74, 6) is 1.89. The van der Waals surface area contributed by atoms with Crippen molar-refractivity contribution in [2.24, 2.45) is 4.99 Å². The molecule has 1 aliphatic rings. The summed E-state index contributed by atoms with van der Waals surface area (Å²) < 4.78 is 5.23. The van der Waals surface area contributed by atoms with Crippen molar-refractivity contribution in [1.82, 2.24) is 20.3 Å². The summed E-state index contributed by atoms with van der Waals surface area (Å²) in [7, 11) is 1.86. The van der Waals surface area contributed by atoms with Gasteiger partial charge in [-0.2, -0.15) is 0 Å². The molecule has 27 heavy (non-hydrogen) atoms. The molecule has 1 aliphatic heterocycles. The lowest BCUT2D eigenvalue weighted by molar-refractivity contribution is 0.172. The number of aromatic nitrogens is 1. The van der Waals surface area contributed by atoms with Crippen molar-refractivity contribution in [1.29, 1.82) is 0 Å². The minimum atomic E-state index is 0. The minimum Gasteiger partial charge on any atom is -0.361 e. The highest BCUT2D eigenvalue weighted by atomic mass is 127. The molecule has 7 heteroatoms. The fourth-order valence-electron chi connectivity index (χ4n) is 3.45. The fourth-order valence-corrected chi connectivity index (χ4v) is 3.45. The molecule has 0 spiro atoms. The Morgan fingerprint density at radius 1 is 1.15 bits per heavy atom. The van der Waals surface area contributed by atoms with Gasteiger partial charge in [0.15, 0.2) is 5.96 Å². The number of nitrogens with zero attached hydrogens (tertiary/aromatic N) is 4. The summed E-state index contributed by atoms with van der Waals surface area (Å²) in [6.45, 7) is 9.92. The molecule has 0 atom stereocenters. The Bertz CT molecular complexity index is 704. The zero-order valence-corrected chi connectivity index (χ0v) is 18.8. The predicted octanol–water partition coefficient (Wildman–Crippen LogP) is 2.85. The average molecular weight is 483 g/mol. The Kier molecular flexibility index (Phi) is 8.56. The van der Waals surface area contributed by atoms with Gasteiger partial charge in [-0.1, -0.05) is 35.5 Å². The third kappa shape index (κ3) is 5.93. The second-order valence-corrected chi connectivity index (χ2v) is 6.78. The lowest BCUT2D eigenvalue weighted by Crippen LogP contribution is -2.52. The molecule has 2 aromatic rings. The summed E-state index contributed by atoms with van der Waals surface area (Å²) in [6.07, 6.45) is 0.897. The number of aliphatic imine (C=N–C) groups is 1. The Hall–Kier alpha value is -1.61. The van der Waals surface area contributed by atoms with Crippen LogP contribution in [-0.2, 0) is 13.0 Å². The van der Waals surface area contributed by atoms with Crippen LogP contribution in [0.15, 0.2) is 39.8 Å². The summed E-state index contributed by atoms with van der Waals surface area (Å²) >= 11 is 0. The summed E-state index contributed by atoms with van der Waals surface area (Å²) in [5.41, 5.74) is 3.55. The topological polar surface area (TPSA) is 56.9 Å². The van der Waals surface area contributed by atoms with Crippen LogP contribution < -0.4 is 5.32 Å². The molecule has 1 aromatic carbocycles. The SMILES string of the molecule is CN=C(NCCc1c(C)noc1C)N1CCN(Cc2ccccc2)CC1.I. The van der Waals surface area contributed by atoms with Gasteiger partial charge in [-0.15, -0.1) is 24.0 Å². The van der Waals surface area contributed by atoms with Crippen molar-refractivity contribution < 1.29 is 4.52 Å². The number of halogens is 1. The van der Waals surface area contributed by atoms with Crippen LogP contribution in [0.3, 0.4) is 0 Å². The molecular weight excluding hydrogens is 453 g/mol. The maximum absolute atomic E-state index is 5.23. The van der Waals surface area contributed by atoms with E-state index in [4.69, 9.17) is 4.52 Å². The van der Waals surface area contributed by atoms with Gasteiger partial charge in [0.1, 0.15) is 5.76 Å². The van der Waals surface area contributed by atoms with E-state index < -0.39 is 0 Å². The molecule has 1 fully saturated rings. The van der Waals surface area contributed by atoms with Gasteiger partial charge in [0.25, 0.3) is 0 Å². The van der Waals surface area contributed by atoms with E-state index in [1.807, 2.05) is 20.9 Å². The lowest BCUT2D eigenvalue weighted by atomic mass is 10.1. The Balaban J connectivity index is 0.00000261. The first-order valence-corrected chi connectivity index (χ1v) is 9.31. The molecule has 0 aliphatic carbocycles. The van der Waals surface area contributed by atoms with Crippen LogP contribution in [0, 0.1) is 13.8 Å². The van der Waals surface area contributed by atoms with Gasteiger partial charge in [0.2, 0.25) is 0 Å². The van der Waals surface area contributed by atoms with E-state index in [1.54, 1.807) is 0 Å². The maximum Gasteiger partial charge on any atom is 0.193 e. The van der Waals surface area contributed by atoms with E-state index in [2.05, 4.69) is 55.6 Å². The van der Waals surface area contributed by atoms with E-state index >= 15 is 0 Å². The molecule has 3 rings (SSSR count). The molecule has 2 heterocycles. The van der Waals surface area contributed by atoms with Gasteiger partial charge in [-0.05, 0) is 25.8 Å². The molecule has 0 bridgehead atoms. The quantitative estimate of drug-likeness (QED) is 0.403. The van der Waals surface area contributed by atoms with E-state index in [0.29, 0.717) is 0 Å². The summed E-state index contributed by atoms with van der Waals surface area (Å²) in [5, 5.41) is 7.50. The first kappa shape index (κ1) is 21.7. The second kappa shape index (κ2) is 10.7. The van der Waals surface area contributed by atoms with Crippen molar-refractivity contribution in [2.45, 2.75) is 26.8 Å². The molecular formula is C20H30IN5O. The largest absolute Gasteiger partial charge is 0.361 e. The number of nitrogens with one attached hydrogen (secondary N) is 1. The van der Waals surface area contributed by atoms with Crippen LogP contribution in [0.1, 0.15) is 22.6 Å². The van der Waals surface area contributed by atoms with Gasteiger partial charge in [0, 0.05) is 51.9 Å². The predicted molar refractivity (Wildman–Crippen MR) is 120 cm³/mol. The van der Waals surface area contributed by atoms with Gasteiger partial charge in [0.05, 0.1) is 5.69 Å². The molecule has 6 nitrogen and oxygen atoms in total. The highest BCUT2D eigenvalue weighted by Gasteiger charge is 2.19. The third-order valence-corrected chi connectivity index (χ3v) is 4.97. The first-order chi connectivity index (χ1) is 12.7. The van der Waals surface area contributed by atoms with Crippen LogP contribution in [0.4, 0.5) is 0 Å². The Morgan fingerprint density at radius 2 is 1.85 bits per heavy atom. The minimum absolute atomic E-state index is 0. The number of guanidine groups is 1. The molecule has 0 amide bonds. The van der Waals surface area contributed by atoms with Crippen LogP contribution in [-0.4, -0.2) is 60.7 Å². The molecule has 0 unspecified atom stereocenters. The first-order valence-electron chi connectivity index (χ1n) is 9.31. The molecule has 0 saturated carbocycles. The summed E-state index contributed by atoms with van der Waals surface area (Å²) in [4.78, 5) is 9.30. The van der Waals surface area contributed by atoms with Crippen LogP contribution in [0.25, 0.3) is 0 Å². The van der Waals surface area contributed by atoms with Crippen molar-refractivity contribution in [3.8, 4) is 0 Å². The molecule has 148 valence electrons. The molecule has 0 radical (unpaired) electrons. The van der Waals surface area contributed by atoms with Gasteiger partial charge in [-0.3, -0.25) is 9.89 Å². The van der Waals surface area contributed by atoms with Crippen molar-refractivity contribution in [3.05, 3.63) is 52.9 Å². The number of rotatable bonds is 5. The molecule has 1 saturated heterocycles. The normalized spacial score (nSPS) is 15.5. The highest BCUT2D eigenvalue weighted by molar-refractivity contribution is 14.0. The van der Waals surface area contributed by atoms with Crippen LogP contribution in [0.2, 0.25) is 0 Å². The maximum atomic E-state index is 5.23. The zero-order chi connectivity index (χ0) is 18.4. The van der Waals surface area contributed by atoms with Crippen LogP contribution in [0.5, 0.6) is 0 Å². The number of piperazine rings is 1. The van der Waals surface area contributed by atoms with Gasteiger partial charge < -0.3 is 14.7 Å². The Labute approximate surface area is 179 Å². The monoisotopic (exact) mass is 483 g/mol. The molecule has 1 N–H and O–H groups in total. The number of aryl methyl sites for hydroxylation is 2. The van der Waals surface area contributed by atoms with E-state index in [0.717, 1.165) is 63.1 Å².